The maximum atomic E-state index is 12.3. The number of carbonyl (C=O) groups is 2. The minimum absolute atomic E-state index is 0.0685. The molecule has 0 aromatic heterocycles. The molecular weight excluding hydrogens is 332 g/mol. The van der Waals surface area contributed by atoms with Crippen LogP contribution in [-0.2, 0) is 14.8 Å². The van der Waals surface area contributed by atoms with Crippen LogP contribution in [0.1, 0.15) is 35.7 Å². The largest absolute Gasteiger partial charge is 0.478 e. The summed E-state index contributed by atoms with van der Waals surface area (Å²) >= 11 is 0. The van der Waals surface area contributed by atoms with E-state index in [4.69, 9.17) is 5.11 Å². The Morgan fingerprint density at radius 2 is 1.92 bits per heavy atom. The summed E-state index contributed by atoms with van der Waals surface area (Å²) in [6.07, 6.45) is 0.967. The van der Waals surface area contributed by atoms with Crippen molar-refractivity contribution in [1.82, 2.24) is 4.31 Å². The van der Waals surface area contributed by atoms with Crippen molar-refractivity contribution in [1.29, 1.82) is 0 Å². The second kappa shape index (κ2) is 7.31. The first-order valence-corrected chi connectivity index (χ1v) is 9.48. The van der Waals surface area contributed by atoms with E-state index in [0.29, 0.717) is 37.2 Å². The van der Waals surface area contributed by atoms with E-state index in [1.165, 1.54) is 10.4 Å². The third kappa shape index (κ3) is 4.12. The van der Waals surface area contributed by atoms with Gasteiger partial charge in [0.25, 0.3) is 0 Å². The van der Waals surface area contributed by atoms with E-state index in [1.807, 2.05) is 0 Å². The molecule has 1 aliphatic rings. The van der Waals surface area contributed by atoms with Crippen molar-refractivity contribution in [3.63, 3.8) is 0 Å². The number of carboxylic acids is 1. The van der Waals surface area contributed by atoms with Gasteiger partial charge in [-0.2, -0.15) is 0 Å². The van der Waals surface area contributed by atoms with Gasteiger partial charge in [0.1, 0.15) is 0 Å². The van der Waals surface area contributed by atoms with Gasteiger partial charge in [0.2, 0.25) is 15.9 Å². The maximum absolute atomic E-state index is 12.3. The van der Waals surface area contributed by atoms with Gasteiger partial charge in [-0.25, -0.2) is 17.5 Å². The first-order valence-electron chi connectivity index (χ1n) is 7.87. The minimum atomic E-state index is -3.20. The van der Waals surface area contributed by atoms with Crippen LogP contribution in [0.5, 0.6) is 0 Å². The Kier molecular flexibility index (Phi) is 5.61. The fraction of sp³-hybridized carbons (Fsp3) is 0.500. The molecule has 132 valence electrons. The van der Waals surface area contributed by atoms with Gasteiger partial charge in [0.15, 0.2) is 0 Å². The van der Waals surface area contributed by atoms with Gasteiger partial charge >= 0.3 is 5.97 Å². The predicted octanol–water partition coefficient (Wildman–Crippen LogP) is 1.69. The van der Waals surface area contributed by atoms with Crippen LogP contribution in [0.25, 0.3) is 0 Å². The molecule has 1 aromatic rings. The number of hydrogen-bond acceptors (Lipinski definition) is 4. The molecule has 2 rings (SSSR count). The highest BCUT2D eigenvalue weighted by Crippen LogP contribution is 2.22. The third-order valence-corrected chi connectivity index (χ3v) is 6.19. The van der Waals surface area contributed by atoms with Gasteiger partial charge < -0.3 is 10.4 Å². The third-order valence-electron chi connectivity index (χ3n) is 4.31. The van der Waals surface area contributed by atoms with Gasteiger partial charge in [0, 0.05) is 24.7 Å². The molecule has 1 aromatic carbocycles. The zero-order valence-corrected chi connectivity index (χ0v) is 14.6. The molecule has 1 amide bonds. The number of hydrogen-bond donors (Lipinski definition) is 2. The van der Waals surface area contributed by atoms with Gasteiger partial charge in [0.05, 0.1) is 11.3 Å². The van der Waals surface area contributed by atoms with Crippen LogP contribution in [0, 0.1) is 12.8 Å². The number of amides is 1. The molecule has 2 N–H and O–H groups in total. The van der Waals surface area contributed by atoms with E-state index >= 15 is 0 Å². The number of carboxylic acid groups (broad SMARTS) is 1. The van der Waals surface area contributed by atoms with Gasteiger partial charge in [-0.3, -0.25) is 4.79 Å². The molecule has 8 heteroatoms. The molecule has 1 fully saturated rings. The van der Waals surface area contributed by atoms with E-state index in [2.05, 4.69) is 5.32 Å². The lowest BCUT2D eigenvalue weighted by atomic mass is 9.97. The number of nitrogens with zero attached hydrogens (tertiary/aromatic N) is 1. The van der Waals surface area contributed by atoms with Crippen molar-refractivity contribution in [2.24, 2.45) is 5.92 Å². The van der Waals surface area contributed by atoms with E-state index in [9.17, 15) is 18.0 Å². The number of benzene rings is 1. The summed E-state index contributed by atoms with van der Waals surface area (Å²) in [4.78, 5) is 23.3. The number of carbonyl (C=O) groups excluding carboxylic acids is 1. The van der Waals surface area contributed by atoms with Crippen molar-refractivity contribution in [3.05, 3.63) is 29.3 Å². The van der Waals surface area contributed by atoms with Gasteiger partial charge in [-0.1, -0.05) is 0 Å². The number of aryl methyl sites for hydroxylation is 1. The molecule has 0 aliphatic carbocycles. The Bertz CT molecular complexity index is 737. The smallest absolute Gasteiger partial charge is 0.335 e. The lowest BCUT2D eigenvalue weighted by Crippen LogP contribution is -2.42. The molecule has 0 atom stereocenters. The fourth-order valence-corrected chi connectivity index (χ4v) is 3.94. The summed E-state index contributed by atoms with van der Waals surface area (Å²) in [5, 5.41) is 11.8. The predicted molar refractivity (Wildman–Crippen MR) is 90.5 cm³/mol. The zero-order chi connectivity index (χ0) is 17.9. The molecule has 1 saturated heterocycles. The number of anilines is 1. The van der Waals surface area contributed by atoms with Crippen molar-refractivity contribution >= 4 is 27.6 Å². The SMILES string of the molecule is CCS(=O)(=O)N1CCC(C(=O)Nc2ccc(C(=O)O)c(C)c2)CC1. The summed E-state index contributed by atoms with van der Waals surface area (Å²) in [6.45, 7) is 3.99. The number of aromatic carboxylic acids is 1. The average Bonchev–Trinajstić information content (AvgIpc) is 2.54. The monoisotopic (exact) mass is 354 g/mol. The molecule has 0 bridgehead atoms. The van der Waals surface area contributed by atoms with Crippen LogP contribution in [0.3, 0.4) is 0 Å². The van der Waals surface area contributed by atoms with Crippen LogP contribution in [0.2, 0.25) is 0 Å². The number of sulfonamides is 1. The molecule has 7 nitrogen and oxygen atoms in total. The Morgan fingerprint density at radius 3 is 2.42 bits per heavy atom. The van der Waals surface area contributed by atoms with E-state index in [0.717, 1.165) is 0 Å². The Balaban J connectivity index is 1.97. The quantitative estimate of drug-likeness (QED) is 0.837. The lowest BCUT2D eigenvalue weighted by molar-refractivity contribution is -0.120. The van der Waals surface area contributed by atoms with Crippen LogP contribution < -0.4 is 5.32 Å². The zero-order valence-electron chi connectivity index (χ0n) is 13.8. The fourth-order valence-electron chi connectivity index (χ4n) is 2.80. The van der Waals surface area contributed by atoms with Crippen molar-refractivity contribution in [2.75, 3.05) is 24.2 Å². The Morgan fingerprint density at radius 1 is 1.29 bits per heavy atom. The Labute approximate surface area is 141 Å². The number of piperidine rings is 1. The summed E-state index contributed by atoms with van der Waals surface area (Å²) in [7, 11) is -3.20. The highest BCUT2D eigenvalue weighted by Gasteiger charge is 2.30. The lowest BCUT2D eigenvalue weighted by Gasteiger charge is -2.30. The number of rotatable bonds is 5. The average molecular weight is 354 g/mol. The van der Waals surface area contributed by atoms with Crippen LogP contribution >= 0.6 is 0 Å². The van der Waals surface area contributed by atoms with Crippen molar-refractivity contribution in [3.8, 4) is 0 Å². The van der Waals surface area contributed by atoms with E-state index in [-0.39, 0.29) is 23.1 Å². The summed E-state index contributed by atoms with van der Waals surface area (Å²) in [6, 6.07) is 4.65. The molecule has 0 radical (unpaired) electrons. The molecule has 1 heterocycles. The molecular formula is C16H22N2O5S. The van der Waals surface area contributed by atoms with Gasteiger partial charge in [-0.15, -0.1) is 0 Å². The maximum Gasteiger partial charge on any atom is 0.335 e. The summed E-state index contributed by atoms with van der Waals surface area (Å²) in [5.41, 5.74) is 1.32. The molecule has 0 unspecified atom stereocenters. The van der Waals surface area contributed by atoms with E-state index in [1.54, 1.807) is 26.0 Å². The molecule has 0 spiro atoms. The number of nitrogens with one attached hydrogen (secondary N) is 1. The minimum Gasteiger partial charge on any atom is -0.478 e. The van der Waals surface area contributed by atoms with Crippen molar-refractivity contribution in [2.45, 2.75) is 26.7 Å². The van der Waals surface area contributed by atoms with E-state index < -0.39 is 16.0 Å². The first kappa shape index (κ1) is 18.4. The first-order chi connectivity index (χ1) is 11.2. The highest BCUT2D eigenvalue weighted by molar-refractivity contribution is 7.89. The standard InChI is InChI=1S/C16H22N2O5S/c1-3-24(22,23)18-8-6-12(7-9-18)15(19)17-13-4-5-14(16(20)21)11(2)10-13/h4-5,10,12H,3,6-9H2,1-2H3,(H,17,19)(H,20,21). The van der Waals surface area contributed by atoms with Crippen LogP contribution in [-0.4, -0.2) is 48.5 Å². The van der Waals surface area contributed by atoms with Crippen LogP contribution in [0.15, 0.2) is 18.2 Å². The van der Waals surface area contributed by atoms with Gasteiger partial charge in [-0.05, 0) is 50.5 Å². The molecule has 24 heavy (non-hydrogen) atoms. The summed E-state index contributed by atoms with van der Waals surface area (Å²) in [5.74, 6) is -1.34. The topological polar surface area (TPSA) is 104 Å². The second-order valence-electron chi connectivity index (χ2n) is 5.90. The second-order valence-corrected chi connectivity index (χ2v) is 8.16. The Hall–Kier alpha value is -1.93. The van der Waals surface area contributed by atoms with Crippen molar-refractivity contribution < 1.29 is 23.1 Å². The highest BCUT2D eigenvalue weighted by atomic mass is 32.2. The molecule has 1 aliphatic heterocycles. The molecule has 0 saturated carbocycles. The van der Waals surface area contributed by atoms with Crippen LogP contribution in [0.4, 0.5) is 5.69 Å². The normalized spacial score (nSPS) is 16.8. The summed E-state index contributed by atoms with van der Waals surface area (Å²) < 4.78 is 25.1.